The molecule has 0 saturated heterocycles. The van der Waals surface area contributed by atoms with Gasteiger partial charge in [-0.1, -0.05) is 25.8 Å². The summed E-state index contributed by atoms with van der Waals surface area (Å²) in [6.07, 6.45) is 16.4. The third-order valence-corrected chi connectivity index (χ3v) is 9.66. The summed E-state index contributed by atoms with van der Waals surface area (Å²) >= 11 is 0. The van der Waals surface area contributed by atoms with Crippen molar-refractivity contribution in [1.29, 1.82) is 0 Å². The first kappa shape index (κ1) is 25.4. The van der Waals surface area contributed by atoms with Crippen molar-refractivity contribution < 1.29 is 33.5 Å². The number of ether oxygens (including phenoxy) is 2. The highest BCUT2D eigenvalue weighted by Gasteiger charge is 2.51. The number of fused-ring (bicyclic) bond motifs is 3. The molecule has 7 atom stereocenters. The van der Waals surface area contributed by atoms with Crippen molar-refractivity contribution in [3.63, 3.8) is 0 Å². The maximum Gasteiger partial charge on any atom is 0.471 e. The van der Waals surface area contributed by atoms with Crippen LogP contribution in [0.15, 0.2) is 24.0 Å². The standard InChI is InChI=1S/C25H41O7P/c1-24-12-10-21(31-17-32-33(27,28)29)15-20(24)9-8-18-5-3-7-23(19-6-4-14-30-16-19)25(2,26)13-11-22(18)24/h4,6,16,18,20-23,26H,3,5,7-15,17H2,1-2H3,(H2,27,28,29)/t18-,20-,21+,22+,23-,24+,25-/m1/s1. The number of hydrogen-bond acceptors (Lipinski definition) is 5. The average Bonchev–Trinajstić information content (AvgIpc) is 2.81. The molecule has 0 aromatic rings. The first-order valence-electron chi connectivity index (χ1n) is 12.6. The molecule has 7 nitrogen and oxygen atoms in total. The molecule has 3 fully saturated rings. The lowest BCUT2D eigenvalue weighted by Crippen LogP contribution is -2.48. The SMILES string of the molecule is C[C@]12CC[C@H](OCOP(=O)(O)O)C[C@H]1CC[C@H]1CCC[C@H](C3=COCC=C3)[C@](C)(O)CC[C@@H]12. The monoisotopic (exact) mass is 484 g/mol. The van der Waals surface area contributed by atoms with Crippen LogP contribution in [0.25, 0.3) is 0 Å². The second kappa shape index (κ2) is 10.1. The molecule has 8 heteroatoms. The number of phosphoric acid groups is 1. The van der Waals surface area contributed by atoms with Crippen molar-refractivity contribution in [1.82, 2.24) is 0 Å². The molecule has 188 valence electrons. The van der Waals surface area contributed by atoms with Gasteiger partial charge in [-0.25, -0.2) is 4.57 Å². The smallest absolute Gasteiger partial charge is 0.471 e. The van der Waals surface area contributed by atoms with Crippen molar-refractivity contribution >= 4 is 7.82 Å². The molecule has 1 aliphatic heterocycles. The number of phosphoric ester groups is 1. The molecule has 3 saturated carbocycles. The van der Waals surface area contributed by atoms with E-state index in [9.17, 15) is 9.67 Å². The van der Waals surface area contributed by atoms with Gasteiger partial charge in [-0.15, -0.1) is 0 Å². The Morgan fingerprint density at radius 2 is 1.94 bits per heavy atom. The van der Waals surface area contributed by atoms with E-state index in [0.29, 0.717) is 24.4 Å². The predicted octanol–water partition coefficient (Wildman–Crippen LogP) is 5.07. The molecule has 3 aliphatic carbocycles. The predicted molar refractivity (Wildman–Crippen MR) is 125 cm³/mol. The van der Waals surface area contributed by atoms with E-state index in [-0.39, 0.29) is 24.2 Å². The van der Waals surface area contributed by atoms with E-state index in [1.807, 2.05) is 19.3 Å². The van der Waals surface area contributed by atoms with Crippen molar-refractivity contribution in [2.45, 2.75) is 89.8 Å². The van der Waals surface area contributed by atoms with Crippen LogP contribution in [0.5, 0.6) is 0 Å². The van der Waals surface area contributed by atoms with Gasteiger partial charge in [0.2, 0.25) is 0 Å². The summed E-state index contributed by atoms with van der Waals surface area (Å²) in [4.78, 5) is 17.8. The van der Waals surface area contributed by atoms with Gasteiger partial charge in [0, 0.05) is 5.92 Å². The van der Waals surface area contributed by atoms with Crippen LogP contribution in [0.2, 0.25) is 0 Å². The molecule has 0 spiro atoms. The summed E-state index contributed by atoms with van der Waals surface area (Å²) in [5.74, 6) is 1.92. The summed E-state index contributed by atoms with van der Waals surface area (Å²) in [5, 5.41) is 11.6. The Morgan fingerprint density at radius 1 is 1.12 bits per heavy atom. The normalized spacial score (nSPS) is 42.1. The Hall–Kier alpha value is -0.690. The van der Waals surface area contributed by atoms with Gasteiger partial charge < -0.3 is 24.4 Å². The van der Waals surface area contributed by atoms with Crippen molar-refractivity contribution in [3.8, 4) is 0 Å². The molecular formula is C25H41O7P. The second-order valence-corrected chi connectivity index (χ2v) is 12.4. The maximum absolute atomic E-state index is 11.6. The topological polar surface area (TPSA) is 105 Å². The lowest BCUT2D eigenvalue weighted by molar-refractivity contribution is -0.122. The third-order valence-electron chi connectivity index (χ3n) is 9.22. The van der Waals surface area contributed by atoms with Crippen LogP contribution < -0.4 is 0 Å². The van der Waals surface area contributed by atoms with E-state index in [2.05, 4.69) is 17.5 Å². The van der Waals surface area contributed by atoms with Gasteiger partial charge in [0.25, 0.3) is 0 Å². The van der Waals surface area contributed by atoms with Gasteiger partial charge in [-0.2, -0.15) is 0 Å². The number of rotatable bonds is 5. The first-order valence-corrected chi connectivity index (χ1v) is 14.1. The van der Waals surface area contributed by atoms with E-state index in [1.165, 1.54) is 19.3 Å². The number of allylic oxidation sites excluding steroid dienone is 1. The van der Waals surface area contributed by atoms with Gasteiger partial charge in [-0.05, 0) is 93.1 Å². The molecule has 0 aromatic heterocycles. The number of hydrogen-bond donors (Lipinski definition) is 3. The molecule has 0 bridgehead atoms. The first-order chi connectivity index (χ1) is 15.6. The maximum atomic E-state index is 11.6. The van der Waals surface area contributed by atoms with Crippen LogP contribution in [0.1, 0.15) is 78.1 Å². The highest BCUT2D eigenvalue weighted by Crippen LogP contribution is 2.59. The molecule has 0 radical (unpaired) electrons. The Morgan fingerprint density at radius 3 is 2.67 bits per heavy atom. The highest BCUT2D eigenvalue weighted by molar-refractivity contribution is 7.46. The van der Waals surface area contributed by atoms with E-state index >= 15 is 0 Å². The van der Waals surface area contributed by atoms with E-state index in [4.69, 9.17) is 19.3 Å². The highest BCUT2D eigenvalue weighted by atomic mass is 31.2. The van der Waals surface area contributed by atoms with Crippen LogP contribution >= 0.6 is 7.82 Å². The van der Waals surface area contributed by atoms with Crippen LogP contribution in [0, 0.1) is 29.1 Å². The van der Waals surface area contributed by atoms with Gasteiger partial charge in [0.05, 0.1) is 18.0 Å². The minimum atomic E-state index is -4.50. The van der Waals surface area contributed by atoms with E-state index in [1.54, 1.807) is 0 Å². The van der Waals surface area contributed by atoms with Crippen LogP contribution in [-0.2, 0) is 18.6 Å². The molecule has 1 heterocycles. The third kappa shape index (κ3) is 5.94. The molecule has 4 aliphatic rings. The zero-order chi connectivity index (χ0) is 23.7. The summed E-state index contributed by atoms with van der Waals surface area (Å²) in [5.41, 5.74) is 0.584. The Kier molecular flexibility index (Phi) is 7.79. The molecule has 33 heavy (non-hydrogen) atoms. The zero-order valence-corrected chi connectivity index (χ0v) is 20.9. The minimum absolute atomic E-state index is 0.0139. The molecule has 0 amide bonds. The fourth-order valence-electron chi connectivity index (χ4n) is 7.39. The van der Waals surface area contributed by atoms with E-state index < -0.39 is 13.4 Å². The van der Waals surface area contributed by atoms with Gasteiger partial charge >= 0.3 is 7.82 Å². The molecule has 0 aromatic carbocycles. The molecule has 3 N–H and O–H groups in total. The second-order valence-electron chi connectivity index (χ2n) is 11.2. The van der Waals surface area contributed by atoms with Gasteiger partial charge in [0.15, 0.2) is 6.79 Å². The fraction of sp³-hybridized carbons (Fsp3) is 0.840. The quantitative estimate of drug-likeness (QED) is 0.369. The molecular weight excluding hydrogens is 443 g/mol. The Balaban J connectivity index is 1.43. The van der Waals surface area contributed by atoms with Crippen molar-refractivity contribution in [3.05, 3.63) is 24.0 Å². The van der Waals surface area contributed by atoms with Gasteiger partial charge in [-0.3, -0.25) is 4.52 Å². The van der Waals surface area contributed by atoms with Gasteiger partial charge in [0.1, 0.15) is 6.61 Å². The molecule has 4 rings (SSSR count). The summed E-state index contributed by atoms with van der Waals surface area (Å²) in [6, 6.07) is 0. The summed E-state index contributed by atoms with van der Waals surface area (Å²) in [6.45, 7) is 4.71. The minimum Gasteiger partial charge on any atom is -0.497 e. The molecule has 0 unspecified atom stereocenters. The largest absolute Gasteiger partial charge is 0.497 e. The van der Waals surface area contributed by atoms with Crippen LogP contribution in [0.4, 0.5) is 0 Å². The summed E-state index contributed by atoms with van der Waals surface area (Å²) < 4.78 is 26.7. The van der Waals surface area contributed by atoms with Crippen LogP contribution in [-0.4, -0.2) is 40.0 Å². The Bertz CT molecular complexity index is 788. The van der Waals surface area contributed by atoms with Crippen LogP contribution in [0.3, 0.4) is 0 Å². The lowest BCUT2D eigenvalue weighted by atomic mass is 9.50. The fourth-order valence-corrected chi connectivity index (χ4v) is 7.59. The van der Waals surface area contributed by atoms with Crippen molar-refractivity contribution in [2.75, 3.05) is 13.4 Å². The van der Waals surface area contributed by atoms with Crippen molar-refractivity contribution in [2.24, 2.45) is 29.1 Å². The van der Waals surface area contributed by atoms with E-state index in [0.717, 1.165) is 50.5 Å². The zero-order valence-electron chi connectivity index (χ0n) is 20.0. The average molecular weight is 485 g/mol. The number of aliphatic hydroxyl groups is 1. The lowest BCUT2D eigenvalue weighted by Gasteiger charge is -2.55. The Labute approximate surface area is 197 Å². The summed E-state index contributed by atoms with van der Waals surface area (Å²) in [7, 11) is -4.50.